The van der Waals surface area contributed by atoms with E-state index in [0.29, 0.717) is 10.6 Å². The van der Waals surface area contributed by atoms with Crippen LogP contribution in [0.5, 0.6) is 0 Å². The van der Waals surface area contributed by atoms with Crippen LogP contribution in [-0.4, -0.2) is 25.2 Å². The first-order valence-corrected chi connectivity index (χ1v) is 5.06. The van der Waals surface area contributed by atoms with Gasteiger partial charge in [-0.2, -0.15) is 0 Å². The number of carbonyl (C=O) groups excluding carboxylic acids is 2. The first kappa shape index (κ1) is 11.5. The maximum absolute atomic E-state index is 11.5. The molecule has 1 unspecified atom stereocenters. The van der Waals surface area contributed by atoms with Crippen molar-refractivity contribution in [2.45, 2.75) is 13.0 Å². The van der Waals surface area contributed by atoms with Crippen molar-refractivity contribution in [2.75, 3.05) is 12.8 Å². The Morgan fingerprint density at radius 3 is 2.67 bits per heavy atom. The fraction of sp³-hybridized carbons (Fsp3) is 0.333. The van der Waals surface area contributed by atoms with Crippen LogP contribution < -0.4 is 5.73 Å². The van der Waals surface area contributed by atoms with E-state index >= 15 is 0 Å². The van der Waals surface area contributed by atoms with Crippen molar-refractivity contribution in [3.8, 4) is 0 Å². The Morgan fingerprint density at radius 2 is 2.20 bits per heavy atom. The summed E-state index contributed by atoms with van der Waals surface area (Å²) >= 11 is 1.17. The third kappa shape index (κ3) is 2.69. The fourth-order valence-corrected chi connectivity index (χ4v) is 1.61. The summed E-state index contributed by atoms with van der Waals surface area (Å²) < 4.78 is 9.26. The van der Waals surface area contributed by atoms with Crippen LogP contribution in [0, 0.1) is 0 Å². The van der Waals surface area contributed by atoms with Crippen molar-refractivity contribution in [1.29, 1.82) is 0 Å². The monoisotopic (exact) mass is 229 g/mol. The zero-order valence-corrected chi connectivity index (χ0v) is 9.17. The van der Waals surface area contributed by atoms with Gasteiger partial charge < -0.3 is 15.2 Å². The minimum Gasteiger partial charge on any atom is -0.466 e. The number of nitrogen functional groups attached to an aromatic ring is 1. The number of carbonyl (C=O) groups is 2. The topological polar surface area (TPSA) is 78.6 Å². The van der Waals surface area contributed by atoms with Gasteiger partial charge in [0.25, 0.3) is 0 Å². The average molecular weight is 229 g/mol. The Hall–Kier alpha value is -1.56. The molecule has 0 spiro atoms. The van der Waals surface area contributed by atoms with E-state index in [1.165, 1.54) is 25.4 Å². The molecule has 0 amide bonds. The van der Waals surface area contributed by atoms with Crippen LogP contribution in [0.4, 0.5) is 5.69 Å². The largest absolute Gasteiger partial charge is 0.466 e. The molecule has 0 bridgehead atoms. The molecule has 0 saturated carbocycles. The zero-order chi connectivity index (χ0) is 11.4. The molecular weight excluding hydrogens is 218 g/mol. The van der Waals surface area contributed by atoms with E-state index in [-0.39, 0.29) is 0 Å². The van der Waals surface area contributed by atoms with Gasteiger partial charge in [-0.1, -0.05) is 0 Å². The number of methoxy groups -OCH3 is 1. The summed E-state index contributed by atoms with van der Waals surface area (Å²) in [6, 6.07) is 1.60. The van der Waals surface area contributed by atoms with Crippen molar-refractivity contribution in [3.63, 3.8) is 0 Å². The minimum atomic E-state index is -0.927. The highest BCUT2D eigenvalue weighted by Gasteiger charge is 2.21. The van der Waals surface area contributed by atoms with E-state index < -0.39 is 18.0 Å². The molecule has 5 nitrogen and oxygen atoms in total. The third-order valence-electron chi connectivity index (χ3n) is 1.70. The lowest BCUT2D eigenvalue weighted by molar-refractivity contribution is -0.149. The molecule has 82 valence electrons. The molecule has 0 aromatic carbocycles. The molecule has 0 aliphatic rings. The number of hydrogen-bond donors (Lipinski definition) is 1. The number of rotatable bonds is 3. The Labute approximate surface area is 90.8 Å². The average Bonchev–Trinajstić information content (AvgIpc) is 2.63. The normalized spacial score (nSPS) is 11.9. The zero-order valence-electron chi connectivity index (χ0n) is 8.35. The highest BCUT2D eigenvalue weighted by atomic mass is 32.1. The molecule has 0 radical (unpaired) electrons. The second-order valence-electron chi connectivity index (χ2n) is 2.78. The van der Waals surface area contributed by atoms with Gasteiger partial charge in [0, 0.05) is 0 Å². The highest BCUT2D eigenvalue weighted by molar-refractivity contribution is 7.12. The molecule has 1 atom stereocenters. The van der Waals surface area contributed by atoms with Crippen LogP contribution >= 0.6 is 11.3 Å². The Bertz CT molecular complexity index is 374. The number of anilines is 1. The summed E-state index contributed by atoms with van der Waals surface area (Å²) in [6.45, 7) is 1.44. The molecule has 15 heavy (non-hydrogen) atoms. The van der Waals surface area contributed by atoms with Crippen molar-refractivity contribution in [3.05, 3.63) is 16.3 Å². The quantitative estimate of drug-likeness (QED) is 0.784. The molecule has 0 saturated heterocycles. The van der Waals surface area contributed by atoms with E-state index in [1.807, 2.05) is 0 Å². The minimum absolute atomic E-state index is 0.297. The van der Waals surface area contributed by atoms with E-state index in [0.717, 1.165) is 0 Å². The maximum atomic E-state index is 11.5. The van der Waals surface area contributed by atoms with Gasteiger partial charge in [0.15, 0.2) is 6.10 Å². The van der Waals surface area contributed by atoms with Gasteiger partial charge in [0.1, 0.15) is 4.88 Å². The van der Waals surface area contributed by atoms with Gasteiger partial charge in [0.2, 0.25) is 0 Å². The van der Waals surface area contributed by atoms with Gasteiger partial charge in [-0.3, -0.25) is 0 Å². The standard InChI is InChI=1S/C9H11NO4S/c1-5(8(11)13-2)14-9(12)7-6(10)3-4-15-7/h3-5H,10H2,1-2H3. The summed E-state index contributed by atoms with van der Waals surface area (Å²) in [5.41, 5.74) is 5.87. The predicted octanol–water partition coefficient (Wildman–Crippen LogP) is 1.05. The molecule has 1 rings (SSSR count). The van der Waals surface area contributed by atoms with Crippen molar-refractivity contribution < 1.29 is 19.1 Å². The summed E-state index contributed by atoms with van der Waals surface area (Å²) in [7, 11) is 1.23. The van der Waals surface area contributed by atoms with Crippen molar-refractivity contribution in [2.24, 2.45) is 0 Å². The summed E-state index contributed by atoms with van der Waals surface area (Å²) in [4.78, 5) is 22.7. The number of thiophene rings is 1. The number of nitrogens with two attached hydrogens (primary N) is 1. The van der Waals surface area contributed by atoms with Gasteiger partial charge >= 0.3 is 11.9 Å². The van der Waals surface area contributed by atoms with E-state index in [9.17, 15) is 9.59 Å². The van der Waals surface area contributed by atoms with Crippen LogP contribution in [0.1, 0.15) is 16.6 Å². The molecule has 1 aromatic heterocycles. The smallest absolute Gasteiger partial charge is 0.351 e. The van der Waals surface area contributed by atoms with E-state index in [4.69, 9.17) is 10.5 Å². The Kier molecular flexibility index (Phi) is 3.68. The number of esters is 2. The van der Waals surface area contributed by atoms with Gasteiger partial charge in [-0.05, 0) is 18.4 Å². The van der Waals surface area contributed by atoms with E-state index in [2.05, 4.69) is 4.74 Å². The van der Waals surface area contributed by atoms with Crippen molar-refractivity contribution in [1.82, 2.24) is 0 Å². The second kappa shape index (κ2) is 4.79. The lowest BCUT2D eigenvalue weighted by Crippen LogP contribution is -2.25. The third-order valence-corrected chi connectivity index (χ3v) is 2.61. The Balaban J connectivity index is 2.64. The molecule has 1 aromatic rings. The summed E-state index contributed by atoms with van der Waals surface area (Å²) in [5, 5.41) is 1.68. The second-order valence-corrected chi connectivity index (χ2v) is 3.69. The Morgan fingerprint density at radius 1 is 1.53 bits per heavy atom. The van der Waals surface area contributed by atoms with Crippen LogP contribution in [-0.2, 0) is 14.3 Å². The molecule has 1 heterocycles. The predicted molar refractivity (Wildman–Crippen MR) is 55.6 cm³/mol. The first-order valence-electron chi connectivity index (χ1n) is 4.18. The lowest BCUT2D eigenvalue weighted by atomic mass is 10.4. The molecular formula is C9H11NO4S. The molecule has 0 fully saturated rings. The molecule has 2 N–H and O–H groups in total. The van der Waals surface area contributed by atoms with Gasteiger partial charge in [-0.25, -0.2) is 9.59 Å². The summed E-state index contributed by atoms with van der Waals surface area (Å²) in [5.74, 6) is -1.21. The fourth-order valence-electron chi connectivity index (χ4n) is 0.913. The van der Waals surface area contributed by atoms with Crippen LogP contribution in [0.3, 0.4) is 0 Å². The molecule has 0 aliphatic carbocycles. The SMILES string of the molecule is COC(=O)C(C)OC(=O)c1sccc1N. The molecule has 6 heteroatoms. The maximum Gasteiger partial charge on any atom is 0.351 e. The first-order chi connectivity index (χ1) is 7.06. The van der Waals surface area contributed by atoms with Crippen molar-refractivity contribution >= 4 is 29.0 Å². The van der Waals surface area contributed by atoms with Gasteiger partial charge in [0.05, 0.1) is 12.8 Å². The highest BCUT2D eigenvalue weighted by Crippen LogP contribution is 2.20. The molecule has 0 aliphatic heterocycles. The van der Waals surface area contributed by atoms with Gasteiger partial charge in [-0.15, -0.1) is 11.3 Å². The number of ether oxygens (including phenoxy) is 2. The van der Waals surface area contributed by atoms with Crippen LogP contribution in [0.25, 0.3) is 0 Å². The number of hydrogen-bond acceptors (Lipinski definition) is 6. The summed E-state index contributed by atoms with van der Waals surface area (Å²) in [6.07, 6.45) is -0.927. The lowest BCUT2D eigenvalue weighted by Gasteiger charge is -2.09. The van der Waals surface area contributed by atoms with Crippen LogP contribution in [0.2, 0.25) is 0 Å². The van der Waals surface area contributed by atoms with E-state index in [1.54, 1.807) is 11.4 Å². The van der Waals surface area contributed by atoms with Crippen LogP contribution in [0.15, 0.2) is 11.4 Å².